The first-order valence-corrected chi connectivity index (χ1v) is 9.39. The van der Waals surface area contributed by atoms with Crippen LogP contribution in [0.2, 0.25) is 5.02 Å². The molecule has 1 amide bonds. The number of thiocarbonyl (C=S) groups is 1. The first kappa shape index (κ1) is 21.0. The van der Waals surface area contributed by atoms with E-state index in [2.05, 4.69) is 10.6 Å². The maximum atomic E-state index is 12.4. The fraction of sp³-hybridized carbons (Fsp3) is 0.300. The Balaban J connectivity index is 2.03. The van der Waals surface area contributed by atoms with Gasteiger partial charge < -0.3 is 20.3 Å². The van der Waals surface area contributed by atoms with Gasteiger partial charge in [-0.3, -0.25) is 4.79 Å². The van der Waals surface area contributed by atoms with Gasteiger partial charge in [0, 0.05) is 18.3 Å². The third-order valence-electron chi connectivity index (χ3n) is 4.02. The monoisotopic (exact) mass is 405 g/mol. The van der Waals surface area contributed by atoms with Crippen LogP contribution in [0.5, 0.6) is 5.75 Å². The van der Waals surface area contributed by atoms with Crippen molar-refractivity contribution in [2.24, 2.45) is 0 Å². The van der Waals surface area contributed by atoms with Gasteiger partial charge in [-0.05, 0) is 62.3 Å². The van der Waals surface area contributed by atoms with Crippen LogP contribution in [0.3, 0.4) is 0 Å². The lowest BCUT2D eigenvalue weighted by molar-refractivity contribution is -0.116. The van der Waals surface area contributed by atoms with Gasteiger partial charge in [0.2, 0.25) is 5.91 Å². The van der Waals surface area contributed by atoms with Crippen LogP contribution in [0.1, 0.15) is 18.1 Å². The number of ether oxygens (including phenoxy) is 1. The molecule has 2 rings (SSSR count). The molecule has 0 radical (unpaired) electrons. The van der Waals surface area contributed by atoms with E-state index in [4.69, 9.17) is 28.6 Å². The van der Waals surface area contributed by atoms with Crippen LogP contribution in [-0.2, 0) is 4.79 Å². The summed E-state index contributed by atoms with van der Waals surface area (Å²) in [4.78, 5) is 14.2. The number of amides is 1. The molecule has 0 bridgehead atoms. The van der Waals surface area contributed by atoms with E-state index >= 15 is 0 Å². The molecule has 2 N–H and O–H groups in total. The number of methoxy groups -OCH3 is 1. The van der Waals surface area contributed by atoms with Crippen LogP contribution in [0.4, 0.5) is 11.4 Å². The lowest BCUT2D eigenvalue weighted by Crippen LogP contribution is -2.40. The molecule has 2 aromatic carbocycles. The van der Waals surface area contributed by atoms with Gasteiger partial charge in [-0.25, -0.2) is 0 Å². The predicted molar refractivity (Wildman–Crippen MR) is 116 cm³/mol. The zero-order valence-corrected chi connectivity index (χ0v) is 17.5. The maximum absolute atomic E-state index is 12.4. The number of rotatable bonds is 6. The smallest absolute Gasteiger partial charge is 0.243 e. The quantitative estimate of drug-likeness (QED) is 0.686. The normalized spacial score (nSPS) is 10.3. The van der Waals surface area contributed by atoms with E-state index in [1.54, 1.807) is 18.1 Å². The van der Waals surface area contributed by atoms with Gasteiger partial charge in [0.25, 0.3) is 0 Å². The Hall–Kier alpha value is -2.31. The Labute approximate surface area is 170 Å². The Morgan fingerprint density at radius 2 is 1.96 bits per heavy atom. The molecule has 0 heterocycles. The fourth-order valence-corrected chi connectivity index (χ4v) is 3.33. The molecule has 0 aliphatic carbocycles. The minimum absolute atomic E-state index is 0.127. The summed E-state index contributed by atoms with van der Waals surface area (Å²) in [5.41, 5.74) is 3.52. The van der Waals surface area contributed by atoms with Gasteiger partial charge in [-0.15, -0.1) is 0 Å². The van der Waals surface area contributed by atoms with E-state index in [0.717, 1.165) is 16.8 Å². The lowest BCUT2D eigenvalue weighted by Gasteiger charge is -2.25. The van der Waals surface area contributed by atoms with E-state index < -0.39 is 0 Å². The number of halogens is 1. The molecular formula is C20H24ClN3O2S. The molecule has 0 fully saturated rings. The van der Waals surface area contributed by atoms with E-state index in [0.29, 0.717) is 28.1 Å². The molecule has 0 saturated carbocycles. The van der Waals surface area contributed by atoms with Crippen molar-refractivity contribution < 1.29 is 9.53 Å². The highest BCUT2D eigenvalue weighted by atomic mass is 35.5. The predicted octanol–water partition coefficient (Wildman–Crippen LogP) is 4.62. The Bertz CT molecular complexity index is 819. The highest BCUT2D eigenvalue weighted by molar-refractivity contribution is 7.80. The van der Waals surface area contributed by atoms with E-state index in [1.807, 2.05) is 51.1 Å². The van der Waals surface area contributed by atoms with Crippen molar-refractivity contribution >= 4 is 46.2 Å². The zero-order chi connectivity index (χ0) is 20.0. The summed E-state index contributed by atoms with van der Waals surface area (Å²) in [6, 6.07) is 11.1. The summed E-state index contributed by atoms with van der Waals surface area (Å²) in [6.45, 7) is 6.61. The van der Waals surface area contributed by atoms with Gasteiger partial charge in [-0.1, -0.05) is 23.7 Å². The number of nitrogens with one attached hydrogen (secondary N) is 2. The Morgan fingerprint density at radius 3 is 2.59 bits per heavy atom. The molecule has 0 unspecified atom stereocenters. The summed E-state index contributed by atoms with van der Waals surface area (Å²) in [5, 5.41) is 7.08. The molecule has 5 nitrogen and oxygen atoms in total. The molecule has 0 aliphatic rings. The first-order valence-electron chi connectivity index (χ1n) is 8.60. The Kier molecular flexibility index (Phi) is 7.45. The van der Waals surface area contributed by atoms with Crippen molar-refractivity contribution in [1.29, 1.82) is 0 Å². The number of anilines is 2. The summed E-state index contributed by atoms with van der Waals surface area (Å²) in [5.74, 6) is 0.516. The zero-order valence-electron chi connectivity index (χ0n) is 15.9. The van der Waals surface area contributed by atoms with Crippen molar-refractivity contribution in [1.82, 2.24) is 4.90 Å². The molecule has 0 aromatic heterocycles. The van der Waals surface area contributed by atoms with E-state index in [1.165, 1.54) is 0 Å². The standard InChI is InChI=1S/C20H24ClN3O2S/c1-5-24(12-18(25)22-15-7-6-8-16(11-15)26-4)20(27)23-19-14(3)9-13(2)10-17(19)21/h6-11H,5,12H2,1-4H3,(H,22,25)(H,23,27). The number of likely N-dealkylation sites (N-methyl/N-ethyl adjacent to an activating group) is 1. The van der Waals surface area contributed by atoms with Gasteiger partial charge in [0.05, 0.1) is 24.4 Å². The van der Waals surface area contributed by atoms with Crippen molar-refractivity contribution in [2.75, 3.05) is 30.8 Å². The van der Waals surface area contributed by atoms with Crippen molar-refractivity contribution in [2.45, 2.75) is 20.8 Å². The maximum Gasteiger partial charge on any atom is 0.243 e. The highest BCUT2D eigenvalue weighted by Gasteiger charge is 2.15. The number of nitrogens with zero attached hydrogens (tertiary/aromatic N) is 1. The fourth-order valence-electron chi connectivity index (χ4n) is 2.66. The molecule has 27 heavy (non-hydrogen) atoms. The largest absolute Gasteiger partial charge is 0.497 e. The minimum Gasteiger partial charge on any atom is -0.497 e. The van der Waals surface area contributed by atoms with Crippen LogP contribution in [0, 0.1) is 13.8 Å². The lowest BCUT2D eigenvalue weighted by atomic mass is 10.1. The molecule has 0 spiro atoms. The number of hydrogen-bond acceptors (Lipinski definition) is 3. The molecular weight excluding hydrogens is 382 g/mol. The number of carbonyl (C=O) groups is 1. The van der Waals surface area contributed by atoms with Gasteiger partial charge in [0.1, 0.15) is 5.75 Å². The second kappa shape index (κ2) is 9.58. The average Bonchev–Trinajstić information content (AvgIpc) is 2.62. The molecule has 2 aromatic rings. The summed E-state index contributed by atoms with van der Waals surface area (Å²) < 4.78 is 5.17. The van der Waals surface area contributed by atoms with Crippen LogP contribution >= 0.6 is 23.8 Å². The molecule has 0 atom stereocenters. The van der Waals surface area contributed by atoms with Gasteiger partial charge in [0.15, 0.2) is 5.11 Å². The molecule has 0 saturated heterocycles. The first-order chi connectivity index (χ1) is 12.8. The van der Waals surface area contributed by atoms with Crippen molar-refractivity contribution in [3.63, 3.8) is 0 Å². The van der Waals surface area contributed by atoms with Crippen LogP contribution in [0.25, 0.3) is 0 Å². The third-order valence-corrected chi connectivity index (χ3v) is 4.68. The second-order valence-corrected chi connectivity index (χ2v) is 6.96. The Morgan fingerprint density at radius 1 is 1.22 bits per heavy atom. The van der Waals surface area contributed by atoms with E-state index in [-0.39, 0.29) is 12.5 Å². The van der Waals surface area contributed by atoms with Crippen LogP contribution in [0.15, 0.2) is 36.4 Å². The van der Waals surface area contributed by atoms with Crippen LogP contribution in [-0.4, -0.2) is 36.1 Å². The SMILES string of the molecule is CCN(CC(=O)Nc1cccc(OC)c1)C(=S)Nc1c(C)cc(C)cc1Cl. The number of aryl methyl sites for hydroxylation is 2. The topological polar surface area (TPSA) is 53.6 Å². The number of carbonyl (C=O) groups excluding carboxylic acids is 1. The number of hydrogen-bond donors (Lipinski definition) is 2. The van der Waals surface area contributed by atoms with Gasteiger partial charge >= 0.3 is 0 Å². The van der Waals surface area contributed by atoms with E-state index in [9.17, 15) is 4.79 Å². The highest BCUT2D eigenvalue weighted by Crippen LogP contribution is 2.27. The third kappa shape index (κ3) is 5.84. The minimum atomic E-state index is -0.166. The summed E-state index contributed by atoms with van der Waals surface area (Å²) >= 11 is 11.8. The summed E-state index contributed by atoms with van der Waals surface area (Å²) in [6.07, 6.45) is 0. The number of benzene rings is 2. The van der Waals surface area contributed by atoms with Gasteiger partial charge in [-0.2, -0.15) is 0 Å². The second-order valence-electron chi connectivity index (χ2n) is 6.16. The van der Waals surface area contributed by atoms with Crippen molar-refractivity contribution in [3.05, 3.63) is 52.5 Å². The van der Waals surface area contributed by atoms with Crippen LogP contribution < -0.4 is 15.4 Å². The molecule has 7 heteroatoms. The molecule has 144 valence electrons. The average molecular weight is 406 g/mol. The summed E-state index contributed by atoms with van der Waals surface area (Å²) in [7, 11) is 1.59. The van der Waals surface area contributed by atoms with Crippen molar-refractivity contribution in [3.8, 4) is 5.75 Å². The molecule has 0 aliphatic heterocycles.